The maximum atomic E-state index is 8.84. The number of hydrogen-bond acceptors (Lipinski definition) is 3. The summed E-state index contributed by atoms with van der Waals surface area (Å²) in [4.78, 5) is 4.79. The van der Waals surface area contributed by atoms with Crippen LogP contribution in [0, 0.1) is 6.92 Å². The number of benzene rings is 2. The first-order chi connectivity index (χ1) is 11.3. The van der Waals surface area contributed by atoms with Crippen LogP contribution in [-0.4, -0.2) is 23.2 Å². The van der Waals surface area contributed by atoms with Crippen LogP contribution in [0.5, 0.6) is 0 Å². The molecule has 2 N–H and O–H groups in total. The van der Waals surface area contributed by atoms with E-state index in [4.69, 9.17) is 10.1 Å². The highest BCUT2D eigenvalue weighted by Crippen LogP contribution is 2.26. The van der Waals surface area contributed by atoms with Gasteiger partial charge in [-0.2, -0.15) is 0 Å². The molecule has 0 aliphatic carbocycles. The Morgan fingerprint density at radius 3 is 2.65 bits per heavy atom. The maximum Gasteiger partial charge on any atom is 0.0713 e. The molecule has 3 aromatic rings. The van der Waals surface area contributed by atoms with Gasteiger partial charge >= 0.3 is 0 Å². The third-order valence-corrected chi connectivity index (χ3v) is 4.26. The predicted molar refractivity (Wildman–Crippen MR) is 96.6 cm³/mol. The fourth-order valence-corrected chi connectivity index (χ4v) is 3.03. The summed E-state index contributed by atoms with van der Waals surface area (Å²) in [5, 5.41) is 14.9. The van der Waals surface area contributed by atoms with Crippen molar-refractivity contribution in [3.05, 3.63) is 53.6 Å². The van der Waals surface area contributed by atoms with Crippen molar-refractivity contribution in [1.82, 2.24) is 10.3 Å². The zero-order valence-electron chi connectivity index (χ0n) is 13.7. The van der Waals surface area contributed by atoms with Gasteiger partial charge in [-0.15, -0.1) is 0 Å². The largest absolute Gasteiger partial charge is 0.396 e. The summed E-state index contributed by atoms with van der Waals surface area (Å²) in [5.41, 5.74) is 4.71. The number of rotatable bonds is 7. The minimum Gasteiger partial charge on any atom is -0.396 e. The third kappa shape index (κ3) is 3.69. The molecule has 0 bridgehead atoms. The zero-order chi connectivity index (χ0) is 16.1. The van der Waals surface area contributed by atoms with E-state index in [1.54, 1.807) is 0 Å². The van der Waals surface area contributed by atoms with Gasteiger partial charge in [-0.05, 0) is 56.5 Å². The molecular weight excluding hydrogens is 284 g/mol. The van der Waals surface area contributed by atoms with E-state index in [1.807, 2.05) is 6.07 Å². The zero-order valence-corrected chi connectivity index (χ0v) is 13.7. The van der Waals surface area contributed by atoms with Gasteiger partial charge in [0.2, 0.25) is 0 Å². The van der Waals surface area contributed by atoms with Crippen molar-refractivity contribution in [2.75, 3.05) is 13.2 Å². The smallest absolute Gasteiger partial charge is 0.0713 e. The quantitative estimate of drug-likeness (QED) is 0.513. The molecule has 3 heteroatoms. The van der Waals surface area contributed by atoms with Gasteiger partial charge in [0.1, 0.15) is 0 Å². The molecule has 2 aromatic carbocycles. The van der Waals surface area contributed by atoms with Crippen molar-refractivity contribution in [1.29, 1.82) is 0 Å². The minimum absolute atomic E-state index is 0.291. The molecule has 0 fully saturated rings. The number of nitrogens with one attached hydrogen (secondary N) is 1. The van der Waals surface area contributed by atoms with Crippen molar-refractivity contribution >= 4 is 21.8 Å². The summed E-state index contributed by atoms with van der Waals surface area (Å²) in [7, 11) is 0. The van der Waals surface area contributed by atoms with Gasteiger partial charge in [-0.3, -0.25) is 0 Å². The summed E-state index contributed by atoms with van der Waals surface area (Å²) < 4.78 is 0. The fourth-order valence-electron chi connectivity index (χ4n) is 3.03. The highest BCUT2D eigenvalue weighted by atomic mass is 16.2. The van der Waals surface area contributed by atoms with E-state index >= 15 is 0 Å². The Labute approximate surface area is 137 Å². The number of unbranched alkanes of at least 4 members (excludes halogenated alkanes) is 2. The number of aliphatic hydroxyl groups excluding tert-OH is 1. The van der Waals surface area contributed by atoms with E-state index in [-0.39, 0.29) is 0 Å². The SMILES string of the molecule is Cc1ccc2nc3ccccc3c(CNCCCCCO)c2c1. The number of fused-ring (bicyclic) bond motifs is 2. The summed E-state index contributed by atoms with van der Waals surface area (Å²) in [6.07, 6.45) is 3.06. The summed E-state index contributed by atoms with van der Waals surface area (Å²) in [5.74, 6) is 0. The van der Waals surface area contributed by atoms with E-state index < -0.39 is 0 Å². The monoisotopic (exact) mass is 308 g/mol. The highest BCUT2D eigenvalue weighted by molar-refractivity contribution is 5.97. The van der Waals surface area contributed by atoms with Crippen molar-refractivity contribution in [2.24, 2.45) is 0 Å². The lowest BCUT2D eigenvalue weighted by molar-refractivity contribution is 0.283. The normalized spacial score (nSPS) is 11.4. The van der Waals surface area contributed by atoms with Crippen LogP contribution in [0.2, 0.25) is 0 Å². The number of pyridine rings is 1. The lowest BCUT2D eigenvalue weighted by atomic mass is 10.0. The number of hydrogen-bond donors (Lipinski definition) is 2. The summed E-state index contributed by atoms with van der Waals surface area (Å²) >= 11 is 0. The second-order valence-corrected chi connectivity index (χ2v) is 6.09. The lowest BCUT2D eigenvalue weighted by Gasteiger charge is -2.12. The molecule has 0 saturated carbocycles. The number of nitrogens with zero attached hydrogens (tertiary/aromatic N) is 1. The van der Waals surface area contributed by atoms with Crippen LogP contribution >= 0.6 is 0 Å². The molecule has 0 radical (unpaired) electrons. The van der Waals surface area contributed by atoms with Crippen molar-refractivity contribution in [3.8, 4) is 0 Å². The average molecular weight is 308 g/mol. The maximum absolute atomic E-state index is 8.84. The predicted octanol–water partition coefficient (Wildman–Crippen LogP) is 3.95. The van der Waals surface area contributed by atoms with Crippen LogP contribution in [0.25, 0.3) is 21.8 Å². The van der Waals surface area contributed by atoms with Crippen molar-refractivity contribution in [2.45, 2.75) is 32.7 Å². The minimum atomic E-state index is 0.291. The Morgan fingerprint density at radius 2 is 1.78 bits per heavy atom. The van der Waals surface area contributed by atoms with Gasteiger partial charge in [0, 0.05) is 23.9 Å². The molecule has 3 nitrogen and oxygen atoms in total. The van der Waals surface area contributed by atoms with Gasteiger partial charge in [0.05, 0.1) is 11.0 Å². The van der Waals surface area contributed by atoms with Gasteiger partial charge in [0.15, 0.2) is 0 Å². The molecule has 0 saturated heterocycles. The van der Waals surface area contributed by atoms with Crippen LogP contribution in [0.1, 0.15) is 30.4 Å². The van der Waals surface area contributed by atoms with Crippen LogP contribution in [0.3, 0.4) is 0 Å². The Hall–Kier alpha value is -1.97. The first kappa shape index (κ1) is 15.9. The topological polar surface area (TPSA) is 45.2 Å². The second-order valence-electron chi connectivity index (χ2n) is 6.09. The standard InChI is InChI=1S/C20H24N2O/c1-15-9-10-20-17(13-15)18(14-21-11-5-2-6-12-23)16-7-3-4-8-19(16)22-20/h3-4,7-10,13,21,23H,2,5-6,11-12,14H2,1H3. The molecule has 120 valence electrons. The van der Waals surface area contributed by atoms with E-state index in [0.29, 0.717) is 6.61 Å². The van der Waals surface area contributed by atoms with Gasteiger partial charge < -0.3 is 10.4 Å². The van der Waals surface area contributed by atoms with Gasteiger partial charge in [-0.1, -0.05) is 29.8 Å². The molecule has 0 unspecified atom stereocenters. The van der Waals surface area contributed by atoms with Crippen LogP contribution < -0.4 is 5.32 Å². The number of para-hydroxylation sites is 1. The first-order valence-electron chi connectivity index (χ1n) is 8.39. The molecule has 0 spiro atoms. The molecule has 0 aliphatic rings. The van der Waals surface area contributed by atoms with E-state index in [9.17, 15) is 0 Å². The Balaban J connectivity index is 1.89. The fraction of sp³-hybridized carbons (Fsp3) is 0.350. The molecule has 0 atom stereocenters. The molecule has 0 aliphatic heterocycles. The Kier molecular flexibility index (Phi) is 5.21. The number of aromatic nitrogens is 1. The lowest BCUT2D eigenvalue weighted by Crippen LogP contribution is -2.15. The summed E-state index contributed by atoms with van der Waals surface area (Å²) in [6, 6.07) is 14.8. The number of aliphatic hydroxyl groups is 1. The Morgan fingerprint density at radius 1 is 0.957 bits per heavy atom. The van der Waals surface area contributed by atoms with Crippen LogP contribution in [-0.2, 0) is 6.54 Å². The van der Waals surface area contributed by atoms with E-state index in [1.165, 1.54) is 21.9 Å². The number of aryl methyl sites for hydroxylation is 1. The third-order valence-electron chi connectivity index (χ3n) is 4.26. The first-order valence-corrected chi connectivity index (χ1v) is 8.39. The van der Waals surface area contributed by atoms with Crippen molar-refractivity contribution in [3.63, 3.8) is 0 Å². The van der Waals surface area contributed by atoms with Gasteiger partial charge in [0.25, 0.3) is 0 Å². The van der Waals surface area contributed by atoms with E-state index in [0.717, 1.165) is 43.4 Å². The van der Waals surface area contributed by atoms with Crippen LogP contribution in [0.4, 0.5) is 0 Å². The molecule has 3 rings (SSSR count). The second kappa shape index (κ2) is 7.53. The van der Waals surface area contributed by atoms with Gasteiger partial charge in [-0.25, -0.2) is 4.98 Å². The molecule has 1 aromatic heterocycles. The van der Waals surface area contributed by atoms with Crippen LogP contribution in [0.15, 0.2) is 42.5 Å². The Bertz CT molecular complexity index is 798. The molecule has 23 heavy (non-hydrogen) atoms. The van der Waals surface area contributed by atoms with E-state index in [2.05, 4.69) is 48.6 Å². The average Bonchev–Trinajstić information content (AvgIpc) is 2.57. The highest BCUT2D eigenvalue weighted by Gasteiger charge is 2.08. The molecular formula is C20H24N2O. The summed E-state index contributed by atoms with van der Waals surface area (Å²) in [6.45, 7) is 4.24. The molecule has 1 heterocycles. The van der Waals surface area contributed by atoms with Crippen molar-refractivity contribution < 1.29 is 5.11 Å². The molecule has 0 amide bonds.